The van der Waals surface area contributed by atoms with Gasteiger partial charge in [-0.3, -0.25) is 14.9 Å². The summed E-state index contributed by atoms with van der Waals surface area (Å²) < 4.78 is 5.21. The van der Waals surface area contributed by atoms with E-state index >= 15 is 0 Å². The van der Waals surface area contributed by atoms with Crippen LogP contribution >= 0.6 is 11.3 Å². The molecule has 7 heteroatoms. The van der Waals surface area contributed by atoms with Crippen LogP contribution in [-0.4, -0.2) is 37.5 Å². The maximum atomic E-state index is 11.3. The van der Waals surface area contributed by atoms with Gasteiger partial charge < -0.3 is 9.64 Å². The predicted molar refractivity (Wildman–Crippen MR) is 70.7 cm³/mol. The van der Waals surface area contributed by atoms with Crippen LogP contribution in [0.2, 0.25) is 0 Å². The number of thiophene rings is 1. The highest BCUT2D eigenvalue weighted by Gasteiger charge is 2.23. The topological polar surface area (TPSA) is 72.7 Å². The van der Waals surface area contributed by atoms with E-state index in [9.17, 15) is 14.9 Å². The number of Topliss-reactive ketones (excluding diaryl/α,β-unsaturated/α-hetero) is 1. The van der Waals surface area contributed by atoms with Gasteiger partial charge >= 0.3 is 5.69 Å². The number of ketones is 1. The van der Waals surface area contributed by atoms with Gasteiger partial charge in [-0.1, -0.05) is 0 Å². The van der Waals surface area contributed by atoms with E-state index in [0.29, 0.717) is 29.6 Å². The zero-order chi connectivity index (χ0) is 13.7. The summed E-state index contributed by atoms with van der Waals surface area (Å²) in [6, 6.07) is 1.33. The lowest BCUT2D eigenvalue weighted by Crippen LogP contribution is -2.22. The molecule has 0 unspecified atom stereocenters. The number of hydrogen-bond acceptors (Lipinski definition) is 6. The van der Waals surface area contributed by atoms with Gasteiger partial charge in [-0.05, 0) is 13.8 Å². The third-order valence-electron chi connectivity index (χ3n) is 2.36. The summed E-state index contributed by atoms with van der Waals surface area (Å²) in [5.74, 6) is -0.160. The SMILES string of the molecule is CCOCCN(C)c1sc(C(C)=O)cc1[N+](=O)[O-]. The predicted octanol–water partition coefficient (Wildman–Crippen LogP) is 2.33. The van der Waals surface area contributed by atoms with Crippen LogP contribution in [0.4, 0.5) is 10.7 Å². The quantitative estimate of drug-likeness (QED) is 0.329. The van der Waals surface area contributed by atoms with Crippen molar-refractivity contribution >= 4 is 27.8 Å². The molecule has 1 aromatic heterocycles. The van der Waals surface area contributed by atoms with E-state index in [1.54, 1.807) is 11.9 Å². The Balaban J connectivity index is 2.91. The van der Waals surface area contributed by atoms with Gasteiger partial charge in [0.05, 0.1) is 16.4 Å². The summed E-state index contributed by atoms with van der Waals surface area (Å²) in [5, 5.41) is 11.4. The van der Waals surface area contributed by atoms with Gasteiger partial charge in [-0.25, -0.2) is 0 Å². The monoisotopic (exact) mass is 272 g/mol. The van der Waals surface area contributed by atoms with Crippen LogP contribution in [0.3, 0.4) is 0 Å². The fraction of sp³-hybridized carbons (Fsp3) is 0.545. The van der Waals surface area contributed by atoms with Crippen molar-refractivity contribution < 1.29 is 14.5 Å². The molecule has 1 heterocycles. The lowest BCUT2D eigenvalue weighted by atomic mass is 10.3. The molecular weight excluding hydrogens is 256 g/mol. The van der Waals surface area contributed by atoms with Gasteiger partial charge in [0.2, 0.25) is 0 Å². The van der Waals surface area contributed by atoms with E-state index in [0.717, 1.165) is 11.3 Å². The maximum absolute atomic E-state index is 11.3. The third-order valence-corrected chi connectivity index (χ3v) is 3.70. The Bertz CT molecular complexity index is 444. The molecule has 0 atom stereocenters. The Hall–Kier alpha value is -1.47. The molecule has 0 aliphatic carbocycles. The largest absolute Gasteiger partial charge is 0.380 e. The number of likely N-dealkylation sites (N-methyl/N-ethyl adjacent to an activating group) is 1. The summed E-state index contributed by atoms with van der Waals surface area (Å²) in [6.45, 7) is 4.95. The van der Waals surface area contributed by atoms with Crippen molar-refractivity contribution in [3.05, 3.63) is 21.1 Å². The van der Waals surface area contributed by atoms with Crippen molar-refractivity contribution in [2.75, 3.05) is 31.7 Å². The third kappa shape index (κ3) is 3.51. The number of nitro groups is 1. The molecule has 0 bridgehead atoms. The van der Waals surface area contributed by atoms with Crippen LogP contribution in [0.5, 0.6) is 0 Å². The Morgan fingerprint density at radius 3 is 2.78 bits per heavy atom. The van der Waals surface area contributed by atoms with Gasteiger partial charge in [0.15, 0.2) is 10.8 Å². The van der Waals surface area contributed by atoms with Crippen molar-refractivity contribution in [1.29, 1.82) is 0 Å². The van der Waals surface area contributed by atoms with Crippen molar-refractivity contribution in [2.45, 2.75) is 13.8 Å². The summed E-state index contributed by atoms with van der Waals surface area (Å²) in [7, 11) is 1.75. The average Bonchev–Trinajstić information content (AvgIpc) is 2.74. The minimum Gasteiger partial charge on any atom is -0.380 e. The van der Waals surface area contributed by atoms with Crippen LogP contribution in [-0.2, 0) is 4.74 Å². The summed E-state index contributed by atoms with van der Waals surface area (Å²) >= 11 is 1.14. The van der Waals surface area contributed by atoms with Gasteiger partial charge in [0.1, 0.15) is 0 Å². The van der Waals surface area contributed by atoms with Crippen LogP contribution < -0.4 is 4.90 Å². The van der Waals surface area contributed by atoms with Crippen molar-refractivity contribution in [2.24, 2.45) is 0 Å². The second-order valence-corrected chi connectivity index (χ2v) is 4.76. The van der Waals surface area contributed by atoms with E-state index < -0.39 is 4.92 Å². The molecule has 0 saturated heterocycles. The zero-order valence-corrected chi connectivity index (χ0v) is 11.5. The lowest BCUT2D eigenvalue weighted by molar-refractivity contribution is -0.383. The first-order valence-corrected chi connectivity index (χ1v) is 6.37. The molecule has 6 nitrogen and oxygen atoms in total. The molecule has 0 amide bonds. The minimum absolute atomic E-state index is 0.0239. The van der Waals surface area contributed by atoms with Crippen molar-refractivity contribution in [3.63, 3.8) is 0 Å². The van der Waals surface area contributed by atoms with E-state index in [2.05, 4.69) is 0 Å². The molecule has 0 N–H and O–H groups in total. The lowest BCUT2D eigenvalue weighted by Gasteiger charge is -2.16. The fourth-order valence-corrected chi connectivity index (χ4v) is 2.40. The Kier molecular flexibility index (Phi) is 5.24. The molecule has 0 aliphatic rings. The van der Waals surface area contributed by atoms with E-state index in [1.165, 1.54) is 13.0 Å². The zero-order valence-electron chi connectivity index (χ0n) is 10.6. The van der Waals surface area contributed by atoms with Crippen molar-refractivity contribution in [3.8, 4) is 0 Å². The fourth-order valence-electron chi connectivity index (χ4n) is 1.40. The molecule has 0 fully saturated rings. The van der Waals surface area contributed by atoms with Crippen LogP contribution in [0.25, 0.3) is 0 Å². The van der Waals surface area contributed by atoms with Crippen molar-refractivity contribution in [1.82, 2.24) is 0 Å². The van der Waals surface area contributed by atoms with Crippen LogP contribution in [0.1, 0.15) is 23.5 Å². The molecule has 100 valence electrons. The standard InChI is InChI=1S/C11H16N2O4S/c1-4-17-6-5-12(3)11-9(13(15)16)7-10(18-11)8(2)14/h7H,4-6H2,1-3H3. The van der Waals surface area contributed by atoms with E-state index in [4.69, 9.17) is 4.74 Å². The number of carbonyl (C=O) groups excluding carboxylic acids is 1. The first-order chi connectivity index (χ1) is 8.47. The Labute approximate surface area is 109 Å². The second kappa shape index (κ2) is 6.46. The number of nitrogens with zero attached hydrogens (tertiary/aromatic N) is 2. The summed E-state index contributed by atoms with van der Waals surface area (Å²) in [4.78, 5) is 23.9. The van der Waals surface area contributed by atoms with Gasteiger partial charge in [0.25, 0.3) is 0 Å². The molecule has 0 spiro atoms. The summed E-state index contributed by atoms with van der Waals surface area (Å²) in [5.41, 5.74) is -0.0239. The number of ether oxygens (including phenoxy) is 1. The summed E-state index contributed by atoms with van der Waals surface area (Å²) in [6.07, 6.45) is 0. The average molecular weight is 272 g/mol. The highest BCUT2D eigenvalue weighted by Crippen LogP contribution is 2.37. The molecule has 1 aromatic rings. The normalized spacial score (nSPS) is 10.4. The highest BCUT2D eigenvalue weighted by molar-refractivity contribution is 7.18. The van der Waals surface area contributed by atoms with Gasteiger partial charge in [-0.2, -0.15) is 0 Å². The Morgan fingerprint density at radius 2 is 2.28 bits per heavy atom. The second-order valence-electron chi connectivity index (χ2n) is 3.73. The smallest absolute Gasteiger partial charge is 0.304 e. The molecule has 1 rings (SSSR count). The minimum atomic E-state index is -0.463. The highest BCUT2D eigenvalue weighted by atomic mass is 32.1. The molecule has 0 radical (unpaired) electrons. The number of rotatable bonds is 7. The number of hydrogen-bond donors (Lipinski definition) is 0. The van der Waals surface area contributed by atoms with Gasteiger partial charge in [0, 0.05) is 26.3 Å². The maximum Gasteiger partial charge on any atom is 0.304 e. The number of carbonyl (C=O) groups is 1. The first-order valence-electron chi connectivity index (χ1n) is 5.55. The molecule has 0 aromatic carbocycles. The Morgan fingerprint density at radius 1 is 1.61 bits per heavy atom. The molecule has 0 aliphatic heterocycles. The number of anilines is 1. The van der Waals surface area contributed by atoms with E-state index in [1.807, 2.05) is 6.92 Å². The van der Waals surface area contributed by atoms with E-state index in [-0.39, 0.29) is 11.5 Å². The molecule has 18 heavy (non-hydrogen) atoms. The molecular formula is C11H16N2O4S. The first kappa shape index (κ1) is 14.6. The van der Waals surface area contributed by atoms with Crippen LogP contribution in [0.15, 0.2) is 6.07 Å². The van der Waals surface area contributed by atoms with Crippen LogP contribution in [0, 0.1) is 10.1 Å². The van der Waals surface area contributed by atoms with Gasteiger partial charge in [-0.15, -0.1) is 11.3 Å². The molecule has 0 saturated carbocycles.